The Balaban J connectivity index is 1.59. The molecule has 0 atom stereocenters. The van der Waals surface area contributed by atoms with E-state index in [4.69, 9.17) is 9.47 Å². The van der Waals surface area contributed by atoms with Crippen LogP contribution < -0.4 is 20.5 Å². The summed E-state index contributed by atoms with van der Waals surface area (Å²) in [5, 5.41) is 6.28. The Bertz CT molecular complexity index is 993. The maximum atomic E-state index is 13.0. The Labute approximate surface area is 176 Å². The number of nitrogens with one attached hydrogen (secondary N) is 1. The van der Waals surface area contributed by atoms with E-state index in [1.165, 1.54) is 14.2 Å². The highest BCUT2D eigenvalue weighted by Gasteiger charge is 2.39. The molecule has 9 nitrogen and oxygen atoms in total. The molecular weight excluding hydrogens is 419 g/mol. The van der Waals surface area contributed by atoms with Crippen LogP contribution in [0.2, 0.25) is 0 Å². The molecule has 3 rings (SSSR count). The maximum absolute atomic E-state index is 13.0. The number of carbonyl (C=O) groups excluding carboxylic acids is 1. The quantitative estimate of drug-likeness (QED) is 0.734. The van der Waals surface area contributed by atoms with Gasteiger partial charge in [0.15, 0.2) is 0 Å². The van der Waals surface area contributed by atoms with Crippen molar-refractivity contribution in [3.05, 3.63) is 34.5 Å². The van der Waals surface area contributed by atoms with E-state index in [1.54, 1.807) is 18.2 Å². The molecule has 1 saturated heterocycles. The predicted molar refractivity (Wildman–Crippen MR) is 105 cm³/mol. The van der Waals surface area contributed by atoms with Gasteiger partial charge < -0.3 is 14.8 Å². The highest BCUT2D eigenvalue weighted by molar-refractivity contribution is 5.93. The van der Waals surface area contributed by atoms with Gasteiger partial charge in [0.1, 0.15) is 11.5 Å². The van der Waals surface area contributed by atoms with E-state index >= 15 is 0 Å². The summed E-state index contributed by atoms with van der Waals surface area (Å²) >= 11 is 0. The lowest BCUT2D eigenvalue weighted by Crippen LogP contribution is -2.41. The molecule has 2 aromatic rings. The molecule has 0 radical (unpaired) electrons. The van der Waals surface area contributed by atoms with Crippen LogP contribution in [-0.2, 0) is 18.0 Å². The number of hydrogen-bond acceptors (Lipinski definition) is 6. The van der Waals surface area contributed by atoms with Crippen molar-refractivity contribution in [2.45, 2.75) is 25.1 Å². The van der Waals surface area contributed by atoms with Crippen LogP contribution in [0.4, 0.5) is 18.9 Å². The second kappa shape index (κ2) is 9.00. The number of likely N-dealkylation sites (tertiary alicyclic amines) is 1. The van der Waals surface area contributed by atoms with Crippen molar-refractivity contribution in [2.24, 2.45) is 7.05 Å². The molecule has 31 heavy (non-hydrogen) atoms. The summed E-state index contributed by atoms with van der Waals surface area (Å²) in [4.78, 5) is 26.5. The van der Waals surface area contributed by atoms with E-state index in [-0.39, 0.29) is 12.5 Å². The summed E-state index contributed by atoms with van der Waals surface area (Å²) in [6, 6.07) is 4.58. The first-order valence-electron chi connectivity index (χ1n) is 9.61. The molecule has 2 heterocycles. The van der Waals surface area contributed by atoms with E-state index in [0.29, 0.717) is 47.7 Å². The molecule has 0 bridgehead atoms. The highest BCUT2D eigenvalue weighted by Crippen LogP contribution is 2.30. The predicted octanol–water partition coefficient (Wildman–Crippen LogP) is 1.89. The monoisotopic (exact) mass is 443 g/mol. The third-order valence-electron chi connectivity index (χ3n) is 5.21. The first-order chi connectivity index (χ1) is 14.6. The van der Waals surface area contributed by atoms with E-state index < -0.39 is 23.7 Å². The first-order valence-corrected chi connectivity index (χ1v) is 9.61. The summed E-state index contributed by atoms with van der Waals surface area (Å²) < 4.78 is 50.8. The SMILES string of the molecule is COc1ccc(NC(=O)CN2CCC(n3nc(C(F)(F)F)n(C)c3=O)CC2)c(OC)c1. The number of ether oxygens (including phenoxy) is 2. The number of amides is 1. The average molecular weight is 443 g/mol. The number of halogens is 3. The Morgan fingerprint density at radius 2 is 1.90 bits per heavy atom. The minimum Gasteiger partial charge on any atom is -0.497 e. The molecule has 1 aromatic heterocycles. The zero-order valence-corrected chi connectivity index (χ0v) is 17.4. The number of benzene rings is 1. The van der Waals surface area contributed by atoms with Crippen molar-refractivity contribution in [2.75, 3.05) is 39.2 Å². The lowest BCUT2D eigenvalue weighted by molar-refractivity contribution is -0.147. The second-order valence-electron chi connectivity index (χ2n) is 7.23. The molecule has 170 valence electrons. The van der Waals surface area contributed by atoms with Gasteiger partial charge in [0, 0.05) is 26.2 Å². The van der Waals surface area contributed by atoms with Gasteiger partial charge >= 0.3 is 11.9 Å². The standard InChI is InChI=1S/C19H24F3N5O4/c1-25-17(19(20,21)22)24-27(18(25)29)12-6-8-26(9-7-12)11-16(28)23-14-5-4-13(30-2)10-15(14)31-3/h4-5,10,12H,6-9,11H2,1-3H3,(H,23,28). The lowest BCUT2D eigenvalue weighted by Gasteiger charge is -2.31. The zero-order valence-electron chi connectivity index (χ0n) is 17.4. The average Bonchev–Trinajstić information content (AvgIpc) is 3.04. The summed E-state index contributed by atoms with van der Waals surface area (Å²) in [6.07, 6.45) is -3.87. The third kappa shape index (κ3) is 5.01. The smallest absolute Gasteiger partial charge is 0.451 e. The largest absolute Gasteiger partial charge is 0.497 e. The van der Waals surface area contributed by atoms with Crippen LogP contribution in [0.3, 0.4) is 0 Å². The molecule has 1 aliphatic rings. The van der Waals surface area contributed by atoms with E-state index in [1.807, 2.05) is 4.90 Å². The van der Waals surface area contributed by atoms with Crippen molar-refractivity contribution in [1.29, 1.82) is 0 Å². The van der Waals surface area contributed by atoms with Gasteiger partial charge in [-0.25, -0.2) is 9.48 Å². The highest BCUT2D eigenvalue weighted by atomic mass is 19.4. The zero-order chi connectivity index (χ0) is 22.8. The van der Waals surface area contributed by atoms with Crippen LogP contribution in [0.25, 0.3) is 0 Å². The normalized spacial score (nSPS) is 15.7. The number of nitrogens with zero attached hydrogens (tertiary/aromatic N) is 4. The summed E-state index contributed by atoms with van der Waals surface area (Å²) in [5.74, 6) is -0.416. The van der Waals surface area contributed by atoms with Crippen LogP contribution in [0.5, 0.6) is 11.5 Å². The van der Waals surface area contributed by atoms with Gasteiger partial charge in [0.25, 0.3) is 0 Å². The topological polar surface area (TPSA) is 90.6 Å². The number of carbonyl (C=O) groups is 1. The fourth-order valence-corrected chi connectivity index (χ4v) is 3.56. The van der Waals surface area contributed by atoms with Gasteiger partial charge in [0.2, 0.25) is 11.7 Å². The van der Waals surface area contributed by atoms with Gasteiger partial charge in [0.05, 0.1) is 32.5 Å². The summed E-state index contributed by atoms with van der Waals surface area (Å²) in [7, 11) is 4.07. The van der Waals surface area contributed by atoms with Gasteiger partial charge in [-0.3, -0.25) is 14.3 Å². The van der Waals surface area contributed by atoms with E-state index in [0.717, 1.165) is 11.7 Å². The van der Waals surface area contributed by atoms with Crippen LogP contribution in [0.15, 0.2) is 23.0 Å². The van der Waals surface area contributed by atoms with Crippen LogP contribution in [0, 0.1) is 0 Å². The van der Waals surface area contributed by atoms with E-state index in [2.05, 4.69) is 10.4 Å². The van der Waals surface area contributed by atoms with Crippen molar-refractivity contribution in [3.8, 4) is 11.5 Å². The fourth-order valence-electron chi connectivity index (χ4n) is 3.56. The van der Waals surface area contributed by atoms with Crippen molar-refractivity contribution in [3.63, 3.8) is 0 Å². The van der Waals surface area contributed by atoms with Crippen LogP contribution >= 0.6 is 0 Å². The number of rotatable bonds is 6. The van der Waals surface area contributed by atoms with Crippen LogP contribution in [0.1, 0.15) is 24.7 Å². The molecule has 0 saturated carbocycles. The molecule has 0 unspecified atom stereocenters. The second-order valence-corrected chi connectivity index (χ2v) is 7.23. The number of anilines is 1. The molecular formula is C19H24F3N5O4. The van der Waals surface area contributed by atoms with Gasteiger partial charge in [-0.05, 0) is 25.0 Å². The Kier molecular flexibility index (Phi) is 6.58. The number of alkyl halides is 3. The fraction of sp³-hybridized carbons (Fsp3) is 0.526. The first kappa shape index (κ1) is 22.7. The third-order valence-corrected chi connectivity index (χ3v) is 5.21. The van der Waals surface area contributed by atoms with Crippen molar-refractivity contribution >= 4 is 11.6 Å². The van der Waals surface area contributed by atoms with Gasteiger partial charge in [-0.1, -0.05) is 0 Å². The van der Waals surface area contributed by atoms with Gasteiger partial charge in [-0.15, -0.1) is 5.10 Å². The molecule has 0 aliphatic carbocycles. The minimum atomic E-state index is -4.69. The Hall–Kier alpha value is -3.02. The van der Waals surface area contributed by atoms with Crippen molar-refractivity contribution < 1.29 is 27.4 Å². The Morgan fingerprint density at radius 1 is 1.23 bits per heavy atom. The lowest BCUT2D eigenvalue weighted by atomic mass is 10.1. The minimum absolute atomic E-state index is 0.104. The number of methoxy groups -OCH3 is 2. The van der Waals surface area contributed by atoms with Crippen LogP contribution in [-0.4, -0.2) is 59.0 Å². The molecule has 1 aliphatic heterocycles. The van der Waals surface area contributed by atoms with E-state index in [9.17, 15) is 22.8 Å². The molecule has 1 fully saturated rings. The summed E-state index contributed by atoms with van der Waals surface area (Å²) in [6.45, 7) is 0.997. The molecule has 12 heteroatoms. The number of hydrogen-bond donors (Lipinski definition) is 1. The number of piperidine rings is 1. The molecule has 1 aromatic carbocycles. The van der Waals surface area contributed by atoms with Crippen molar-refractivity contribution in [1.82, 2.24) is 19.2 Å². The maximum Gasteiger partial charge on any atom is 0.451 e. The molecule has 1 amide bonds. The molecule has 0 spiro atoms. The van der Waals surface area contributed by atoms with Gasteiger partial charge in [-0.2, -0.15) is 13.2 Å². The molecule has 1 N–H and O–H groups in total. The summed E-state index contributed by atoms with van der Waals surface area (Å²) in [5.41, 5.74) is -0.293. The number of aromatic nitrogens is 3. The Morgan fingerprint density at radius 3 is 2.45 bits per heavy atom.